The Morgan fingerprint density at radius 1 is 1.00 bits per heavy atom. The number of amides is 2. The summed E-state index contributed by atoms with van der Waals surface area (Å²) in [4.78, 5) is 25.7. The molecule has 1 N–H and O–H groups in total. The molecule has 6 heteroatoms. The Morgan fingerprint density at radius 2 is 1.57 bits per heavy atom. The van der Waals surface area contributed by atoms with E-state index < -0.39 is 23.4 Å². The average molecular weight is 388 g/mol. The average Bonchev–Trinajstić information content (AvgIpc) is 2.59. The zero-order valence-corrected chi connectivity index (χ0v) is 16.8. The molecule has 0 spiro atoms. The second kappa shape index (κ2) is 8.95. The zero-order chi connectivity index (χ0) is 21.0. The van der Waals surface area contributed by atoms with Crippen LogP contribution in [0, 0.1) is 11.6 Å². The van der Waals surface area contributed by atoms with E-state index in [9.17, 15) is 18.4 Å². The zero-order valence-electron chi connectivity index (χ0n) is 16.8. The van der Waals surface area contributed by atoms with Gasteiger partial charge in [-0.05, 0) is 35.1 Å². The maximum Gasteiger partial charge on any atom is 0.244 e. The van der Waals surface area contributed by atoms with E-state index in [1.54, 1.807) is 0 Å². The minimum absolute atomic E-state index is 0.134. The van der Waals surface area contributed by atoms with Gasteiger partial charge in [0.15, 0.2) is 0 Å². The molecule has 0 aromatic heterocycles. The Labute approximate surface area is 164 Å². The Bertz CT molecular complexity index is 853. The number of anilines is 2. The highest BCUT2D eigenvalue weighted by Crippen LogP contribution is 2.32. The minimum atomic E-state index is -0.895. The number of nitrogens with zero attached hydrogens (tertiary/aromatic N) is 1. The molecular formula is C22H26F2N2O2. The lowest BCUT2D eigenvalue weighted by atomic mass is 9.92. The first-order chi connectivity index (χ1) is 13.1. The van der Waals surface area contributed by atoms with Gasteiger partial charge in [-0.1, -0.05) is 45.9 Å². The molecule has 2 aromatic rings. The van der Waals surface area contributed by atoms with Gasteiger partial charge in [-0.25, -0.2) is 8.78 Å². The maximum atomic E-state index is 14.1. The van der Waals surface area contributed by atoms with Crippen molar-refractivity contribution in [2.45, 2.75) is 46.5 Å². The fraction of sp³-hybridized carbons (Fsp3) is 0.364. The summed E-state index contributed by atoms with van der Waals surface area (Å²) in [5.74, 6) is -2.23. The van der Waals surface area contributed by atoms with Crippen LogP contribution in [0.3, 0.4) is 0 Å². The lowest BCUT2D eigenvalue weighted by Crippen LogP contribution is -2.37. The van der Waals surface area contributed by atoms with E-state index in [-0.39, 0.29) is 24.1 Å². The third-order valence-electron chi connectivity index (χ3n) is 4.52. The molecule has 0 atom stereocenters. The third kappa shape index (κ3) is 4.94. The summed E-state index contributed by atoms with van der Waals surface area (Å²) >= 11 is 0. The summed E-state index contributed by atoms with van der Waals surface area (Å²) < 4.78 is 27.3. The normalized spacial score (nSPS) is 11.0. The highest BCUT2D eigenvalue weighted by molar-refractivity contribution is 6.02. The minimum Gasteiger partial charge on any atom is -0.324 e. The van der Waals surface area contributed by atoms with Crippen molar-refractivity contribution in [2.75, 3.05) is 16.8 Å². The molecule has 0 aliphatic rings. The van der Waals surface area contributed by atoms with Crippen molar-refractivity contribution in [3.63, 3.8) is 0 Å². The largest absolute Gasteiger partial charge is 0.324 e. The lowest BCUT2D eigenvalue weighted by molar-refractivity contribution is -0.120. The van der Waals surface area contributed by atoms with Crippen molar-refractivity contribution in [2.24, 2.45) is 0 Å². The van der Waals surface area contributed by atoms with Crippen LogP contribution in [-0.2, 0) is 9.59 Å². The van der Waals surface area contributed by atoms with E-state index in [4.69, 9.17) is 0 Å². The number of hydrogen-bond donors (Lipinski definition) is 1. The van der Waals surface area contributed by atoms with Crippen LogP contribution in [0.4, 0.5) is 20.2 Å². The highest BCUT2D eigenvalue weighted by atomic mass is 19.1. The van der Waals surface area contributed by atoms with Crippen molar-refractivity contribution < 1.29 is 18.4 Å². The van der Waals surface area contributed by atoms with Gasteiger partial charge in [-0.15, -0.1) is 0 Å². The third-order valence-corrected chi connectivity index (χ3v) is 4.52. The molecule has 0 bridgehead atoms. The Kier molecular flexibility index (Phi) is 6.89. The van der Waals surface area contributed by atoms with Crippen LogP contribution in [0.15, 0.2) is 36.4 Å². The lowest BCUT2D eigenvalue weighted by Gasteiger charge is -2.24. The van der Waals surface area contributed by atoms with E-state index in [0.29, 0.717) is 6.07 Å². The SMILES string of the molecule is CC(=O)N(CC(=O)Nc1c(C(C)C)cccc1C(C)C)c1ccc(F)cc1F. The smallest absolute Gasteiger partial charge is 0.244 e. The Balaban J connectivity index is 2.33. The molecule has 150 valence electrons. The number of nitrogens with one attached hydrogen (secondary N) is 1. The predicted octanol–water partition coefficient (Wildman–Crippen LogP) is 5.20. The summed E-state index contributed by atoms with van der Waals surface area (Å²) in [5, 5.41) is 2.90. The summed E-state index contributed by atoms with van der Waals surface area (Å²) in [6, 6.07) is 8.76. The standard InChI is InChI=1S/C22H26F2N2O2/c1-13(2)17-7-6-8-18(14(3)4)22(17)25-21(28)12-26(15(5)27)20-10-9-16(23)11-19(20)24/h6-11,13-14H,12H2,1-5H3,(H,25,28). The number of halogens is 2. The van der Waals surface area contributed by atoms with Crippen LogP contribution in [0.2, 0.25) is 0 Å². The summed E-state index contributed by atoms with van der Waals surface area (Å²) in [6.07, 6.45) is 0. The van der Waals surface area contributed by atoms with Crippen LogP contribution in [0.25, 0.3) is 0 Å². The number of benzene rings is 2. The van der Waals surface area contributed by atoms with Gasteiger partial charge in [0, 0.05) is 18.7 Å². The summed E-state index contributed by atoms with van der Waals surface area (Å²) in [7, 11) is 0. The second-order valence-electron chi connectivity index (χ2n) is 7.37. The van der Waals surface area contributed by atoms with E-state index in [1.807, 2.05) is 45.9 Å². The van der Waals surface area contributed by atoms with Crippen LogP contribution in [0.1, 0.15) is 57.6 Å². The molecule has 0 heterocycles. The molecule has 0 fully saturated rings. The summed E-state index contributed by atoms with van der Waals surface area (Å²) in [5.41, 5.74) is 2.56. The molecule has 2 rings (SSSR count). The van der Waals surface area contributed by atoms with Crippen LogP contribution < -0.4 is 10.2 Å². The second-order valence-corrected chi connectivity index (χ2v) is 7.37. The van der Waals surface area contributed by atoms with Crippen molar-refractivity contribution in [3.8, 4) is 0 Å². The van der Waals surface area contributed by atoms with Crippen LogP contribution in [0.5, 0.6) is 0 Å². The first-order valence-corrected chi connectivity index (χ1v) is 9.27. The van der Waals surface area contributed by atoms with Gasteiger partial charge >= 0.3 is 0 Å². The fourth-order valence-corrected chi connectivity index (χ4v) is 3.08. The number of carbonyl (C=O) groups is 2. The number of carbonyl (C=O) groups excluding carboxylic acids is 2. The molecular weight excluding hydrogens is 362 g/mol. The molecule has 0 saturated heterocycles. The van der Waals surface area contributed by atoms with E-state index in [1.165, 1.54) is 6.92 Å². The molecule has 0 aliphatic carbocycles. The quantitative estimate of drug-likeness (QED) is 0.739. The Hall–Kier alpha value is -2.76. The number of hydrogen-bond acceptors (Lipinski definition) is 2. The Morgan fingerprint density at radius 3 is 2.04 bits per heavy atom. The molecule has 0 radical (unpaired) electrons. The first kappa shape index (κ1) is 21.5. The molecule has 0 saturated carbocycles. The van der Waals surface area contributed by atoms with Gasteiger partial charge in [0.05, 0.1) is 5.69 Å². The molecule has 2 amide bonds. The maximum absolute atomic E-state index is 14.1. The summed E-state index contributed by atoms with van der Waals surface area (Å²) in [6.45, 7) is 8.99. The number of para-hydroxylation sites is 1. The molecule has 0 aliphatic heterocycles. The van der Waals surface area contributed by atoms with Crippen molar-refractivity contribution >= 4 is 23.2 Å². The first-order valence-electron chi connectivity index (χ1n) is 9.27. The molecule has 0 unspecified atom stereocenters. The van der Waals surface area contributed by atoms with Crippen molar-refractivity contribution in [1.82, 2.24) is 0 Å². The van der Waals surface area contributed by atoms with Gasteiger partial charge < -0.3 is 10.2 Å². The van der Waals surface area contributed by atoms with Gasteiger partial charge in [-0.3, -0.25) is 9.59 Å². The molecule has 4 nitrogen and oxygen atoms in total. The van der Waals surface area contributed by atoms with Gasteiger partial charge in [0.25, 0.3) is 0 Å². The van der Waals surface area contributed by atoms with E-state index in [0.717, 1.165) is 33.8 Å². The molecule has 28 heavy (non-hydrogen) atoms. The van der Waals surface area contributed by atoms with Crippen molar-refractivity contribution in [1.29, 1.82) is 0 Å². The van der Waals surface area contributed by atoms with Gasteiger partial charge in [0.2, 0.25) is 11.8 Å². The van der Waals surface area contributed by atoms with Crippen LogP contribution >= 0.6 is 0 Å². The molecule has 2 aromatic carbocycles. The van der Waals surface area contributed by atoms with Gasteiger partial charge in [0.1, 0.15) is 18.2 Å². The van der Waals surface area contributed by atoms with E-state index >= 15 is 0 Å². The van der Waals surface area contributed by atoms with E-state index in [2.05, 4.69) is 5.32 Å². The fourth-order valence-electron chi connectivity index (χ4n) is 3.08. The number of rotatable bonds is 6. The van der Waals surface area contributed by atoms with Crippen LogP contribution in [-0.4, -0.2) is 18.4 Å². The predicted molar refractivity (Wildman–Crippen MR) is 108 cm³/mol. The topological polar surface area (TPSA) is 49.4 Å². The van der Waals surface area contributed by atoms with Crippen molar-refractivity contribution in [3.05, 3.63) is 59.2 Å². The highest BCUT2D eigenvalue weighted by Gasteiger charge is 2.22. The monoisotopic (exact) mass is 388 g/mol. The van der Waals surface area contributed by atoms with Gasteiger partial charge in [-0.2, -0.15) is 0 Å².